The summed E-state index contributed by atoms with van der Waals surface area (Å²) in [5.41, 5.74) is 1.06. The van der Waals surface area contributed by atoms with Gasteiger partial charge in [-0.05, 0) is 5.56 Å². The number of ether oxygens (including phenoxy) is 1. The highest BCUT2D eigenvalue weighted by Gasteiger charge is 2.26. The number of amides is 1. The molecule has 2 heterocycles. The van der Waals surface area contributed by atoms with E-state index in [4.69, 9.17) is 4.74 Å². The third-order valence-corrected chi connectivity index (χ3v) is 4.17. The molecule has 1 atom stereocenters. The number of nitrogens with zero attached hydrogens (tertiary/aromatic N) is 2. The maximum atomic E-state index is 12.5. The Balaban J connectivity index is 2.14. The van der Waals surface area contributed by atoms with Crippen molar-refractivity contribution in [2.24, 2.45) is 0 Å². The van der Waals surface area contributed by atoms with Crippen LogP contribution in [-0.2, 0) is 16.0 Å². The second kappa shape index (κ2) is 7.22. The molecule has 0 bridgehead atoms. The van der Waals surface area contributed by atoms with Crippen molar-refractivity contribution in [2.75, 3.05) is 14.2 Å². The van der Waals surface area contributed by atoms with Gasteiger partial charge in [0.2, 0.25) is 5.91 Å². The lowest BCUT2D eigenvalue weighted by atomic mass is 10.0. The summed E-state index contributed by atoms with van der Waals surface area (Å²) in [6, 6.07) is 8.83. The van der Waals surface area contributed by atoms with E-state index in [-0.39, 0.29) is 22.7 Å². The fourth-order valence-electron chi connectivity index (χ4n) is 2.83. The first-order chi connectivity index (χ1) is 12.5. The molecule has 8 heteroatoms. The number of hydrogen-bond acceptors (Lipinski definition) is 5. The quantitative estimate of drug-likeness (QED) is 0.665. The maximum absolute atomic E-state index is 12.5. The van der Waals surface area contributed by atoms with E-state index in [2.05, 4.69) is 15.5 Å². The Kier molecular flexibility index (Phi) is 4.83. The van der Waals surface area contributed by atoms with Crippen molar-refractivity contribution in [2.45, 2.75) is 12.5 Å². The van der Waals surface area contributed by atoms with Crippen molar-refractivity contribution in [1.82, 2.24) is 20.1 Å². The number of aromatic amines is 1. The normalized spacial score (nSPS) is 11.9. The molecule has 3 rings (SSSR count). The van der Waals surface area contributed by atoms with Gasteiger partial charge < -0.3 is 14.6 Å². The number of carbonyl (C=O) groups is 2. The second-order valence-electron chi connectivity index (χ2n) is 5.75. The zero-order valence-electron chi connectivity index (χ0n) is 14.4. The van der Waals surface area contributed by atoms with Crippen LogP contribution in [0.1, 0.15) is 22.0 Å². The van der Waals surface area contributed by atoms with E-state index >= 15 is 0 Å². The van der Waals surface area contributed by atoms with Gasteiger partial charge in [-0.2, -0.15) is 5.10 Å². The average molecular weight is 354 g/mol. The average Bonchev–Trinajstić information content (AvgIpc) is 3.06. The van der Waals surface area contributed by atoms with Crippen LogP contribution in [0.15, 0.2) is 47.5 Å². The number of pyridine rings is 1. The van der Waals surface area contributed by atoms with Gasteiger partial charge in [0, 0.05) is 25.9 Å². The first kappa shape index (κ1) is 17.4. The molecule has 0 spiro atoms. The Morgan fingerprint density at radius 1 is 1.27 bits per heavy atom. The van der Waals surface area contributed by atoms with E-state index in [1.54, 1.807) is 4.57 Å². The van der Waals surface area contributed by atoms with Crippen LogP contribution in [0.2, 0.25) is 0 Å². The van der Waals surface area contributed by atoms with Crippen LogP contribution in [0.3, 0.4) is 0 Å². The summed E-state index contributed by atoms with van der Waals surface area (Å²) in [7, 11) is 2.79. The van der Waals surface area contributed by atoms with E-state index in [1.807, 2.05) is 30.3 Å². The third-order valence-electron chi connectivity index (χ3n) is 4.17. The first-order valence-corrected chi connectivity index (χ1v) is 7.99. The lowest BCUT2D eigenvalue weighted by molar-refractivity contribution is -0.123. The number of hydrogen-bond donors (Lipinski definition) is 2. The van der Waals surface area contributed by atoms with E-state index in [9.17, 15) is 14.4 Å². The molecule has 0 saturated carbocycles. The lowest BCUT2D eigenvalue weighted by Gasteiger charge is -2.21. The molecule has 134 valence electrons. The standard InChI is InChI=1S/C18H18N4O4/c1-19-17(24)14(8-11-6-4-3-5-7-11)22-9-12-15(20-21-16(12)23)13(10-22)18(25)26-2/h3-7,9-10,14H,8H2,1-2H3,(H,19,24)(H,21,23)/t14-/m0/s1. The molecular weight excluding hydrogens is 336 g/mol. The highest BCUT2D eigenvalue weighted by Crippen LogP contribution is 2.24. The number of esters is 1. The minimum atomic E-state index is -0.649. The summed E-state index contributed by atoms with van der Waals surface area (Å²) >= 11 is 0. The lowest BCUT2D eigenvalue weighted by Crippen LogP contribution is -2.32. The predicted molar refractivity (Wildman–Crippen MR) is 94.1 cm³/mol. The van der Waals surface area contributed by atoms with Crippen LogP contribution in [0, 0.1) is 0 Å². The Labute approximate surface area is 149 Å². The SMILES string of the molecule is CNC(=O)[C@H](Cc1ccccc1)n1cc(C(=O)OC)c2n[nH]c(=O)c-2c1. The molecule has 0 aromatic heterocycles. The molecule has 1 aromatic carbocycles. The molecule has 8 nitrogen and oxygen atoms in total. The number of fused-ring (bicyclic) bond motifs is 1. The van der Waals surface area contributed by atoms with Crippen LogP contribution in [0.4, 0.5) is 0 Å². The Bertz CT molecular complexity index is 961. The molecule has 0 fully saturated rings. The van der Waals surface area contributed by atoms with Crippen molar-refractivity contribution in [3.8, 4) is 11.3 Å². The van der Waals surface area contributed by atoms with Crippen molar-refractivity contribution < 1.29 is 14.3 Å². The van der Waals surface area contributed by atoms with Gasteiger partial charge in [0.05, 0.1) is 12.7 Å². The minimum absolute atomic E-state index is 0.116. The summed E-state index contributed by atoms with van der Waals surface area (Å²) in [6.07, 6.45) is 3.40. The summed E-state index contributed by atoms with van der Waals surface area (Å²) in [5, 5.41) is 8.84. The van der Waals surface area contributed by atoms with Gasteiger partial charge in [0.25, 0.3) is 5.56 Å². The molecule has 2 aliphatic rings. The van der Waals surface area contributed by atoms with E-state index < -0.39 is 17.6 Å². The van der Waals surface area contributed by atoms with Gasteiger partial charge >= 0.3 is 5.97 Å². The molecule has 1 aromatic rings. The summed E-state index contributed by atoms with van der Waals surface area (Å²) < 4.78 is 6.34. The second-order valence-corrected chi connectivity index (χ2v) is 5.75. The molecule has 2 aliphatic heterocycles. The fraction of sp³-hybridized carbons (Fsp3) is 0.222. The van der Waals surface area contributed by atoms with E-state index in [0.29, 0.717) is 6.42 Å². The molecular formula is C18H18N4O4. The van der Waals surface area contributed by atoms with Crippen LogP contribution >= 0.6 is 0 Å². The minimum Gasteiger partial charge on any atom is -0.465 e. The van der Waals surface area contributed by atoms with Crippen LogP contribution < -0.4 is 10.9 Å². The van der Waals surface area contributed by atoms with Crippen molar-refractivity contribution >= 4 is 11.9 Å². The molecule has 0 radical (unpaired) electrons. The topological polar surface area (TPSA) is 106 Å². The summed E-state index contributed by atoms with van der Waals surface area (Å²) in [6.45, 7) is 0. The largest absolute Gasteiger partial charge is 0.465 e. The van der Waals surface area contributed by atoms with E-state index in [1.165, 1.54) is 26.6 Å². The molecule has 2 N–H and O–H groups in total. The number of benzene rings is 1. The fourth-order valence-corrected chi connectivity index (χ4v) is 2.83. The molecule has 26 heavy (non-hydrogen) atoms. The van der Waals surface area contributed by atoms with E-state index in [0.717, 1.165) is 5.56 Å². The van der Waals surface area contributed by atoms with Gasteiger partial charge in [-0.15, -0.1) is 0 Å². The Morgan fingerprint density at radius 2 is 2.00 bits per heavy atom. The Hall–Kier alpha value is -3.42. The molecule has 0 unspecified atom stereocenters. The first-order valence-electron chi connectivity index (χ1n) is 7.99. The number of carbonyl (C=O) groups excluding carboxylic acids is 2. The Morgan fingerprint density at radius 3 is 2.65 bits per heavy atom. The molecule has 0 aliphatic carbocycles. The van der Waals surface area contributed by atoms with Crippen LogP contribution in [-0.4, -0.2) is 40.8 Å². The van der Waals surface area contributed by atoms with Gasteiger partial charge in [0.15, 0.2) is 0 Å². The number of aromatic nitrogens is 3. The molecule has 0 saturated heterocycles. The van der Waals surface area contributed by atoms with Gasteiger partial charge in [-0.1, -0.05) is 30.3 Å². The number of rotatable bonds is 5. The molecule has 1 amide bonds. The van der Waals surface area contributed by atoms with Gasteiger partial charge in [0.1, 0.15) is 17.3 Å². The van der Waals surface area contributed by atoms with Crippen molar-refractivity contribution in [3.05, 3.63) is 64.2 Å². The summed E-state index contributed by atoms with van der Waals surface area (Å²) in [4.78, 5) is 36.6. The zero-order chi connectivity index (χ0) is 18.7. The van der Waals surface area contributed by atoms with Crippen molar-refractivity contribution in [3.63, 3.8) is 0 Å². The number of nitrogens with one attached hydrogen (secondary N) is 2. The monoisotopic (exact) mass is 354 g/mol. The highest BCUT2D eigenvalue weighted by atomic mass is 16.5. The maximum Gasteiger partial charge on any atom is 0.341 e. The van der Waals surface area contributed by atoms with Gasteiger partial charge in [-0.25, -0.2) is 9.89 Å². The number of H-pyrrole nitrogens is 1. The highest BCUT2D eigenvalue weighted by molar-refractivity contribution is 5.96. The number of methoxy groups -OCH3 is 1. The van der Waals surface area contributed by atoms with Gasteiger partial charge in [-0.3, -0.25) is 9.59 Å². The number of likely N-dealkylation sites (N-methyl/N-ethyl adjacent to an activating group) is 1. The zero-order valence-corrected chi connectivity index (χ0v) is 14.4. The third kappa shape index (κ3) is 3.21. The van der Waals surface area contributed by atoms with Crippen LogP contribution in [0.5, 0.6) is 0 Å². The smallest absolute Gasteiger partial charge is 0.341 e. The van der Waals surface area contributed by atoms with Crippen LogP contribution in [0.25, 0.3) is 11.3 Å². The van der Waals surface area contributed by atoms with Crippen molar-refractivity contribution in [1.29, 1.82) is 0 Å². The summed E-state index contributed by atoms with van der Waals surface area (Å²) in [5.74, 6) is -0.879. The predicted octanol–water partition coefficient (Wildman–Crippen LogP) is 0.993.